The molecule has 200 valence electrons. The highest BCUT2D eigenvalue weighted by atomic mass is 16.4. The first-order valence-electron chi connectivity index (χ1n) is 11.8. The van der Waals surface area contributed by atoms with Crippen molar-refractivity contribution in [3.05, 3.63) is 0 Å². The fourth-order valence-electron chi connectivity index (χ4n) is 3.83. The van der Waals surface area contributed by atoms with Crippen molar-refractivity contribution in [2.45, 2.75) is 82.1 Å². The van der Waals surface area contributed by atoms with Crippen molar-refractivity contribution in [2.24, 2.45) is 27.9 Å². The number of amides is 3. The summed E-state index contributed by atoms with van der Waals surface area (Å²) < 4.78 is 0. The number of unbranched alkanes of at least 4 members (excludes halogenated alkanes) is 1. The van der Waals surface area contributed by atoms with Gasteiger partial charge in [-0.25, -0.2) is 4.79 Å². The number of nitrogens with one attached hydrogen (secondary N) is 2. The van der Waals surface area contributed by atoms with E-state index >= 15 is 0 Å². The highest BCUT2D eigenvalue weighted by Crippen LogP contribution is 2.20. The van der Waals surface area contributed by atoms with Crippen LogP contribution in [0.4, 0.5) is 0 Å². The number of hydrogen-bond acceptors (Lipinski definition) is 8. The van der Waals surface area contributed by atoms with Gasteiger partial charge in [0.05, 0.1) is 12.1 Å². The number of carboxylic acids is 1. The molecule has 1 rings (SSSR count). The van der Waals surface area contributed by atoms with Crippen molar-refractivity contribution in [3.8, 4) is 0 Å². The molecule has 1 fully saturated rings. The van der Waals surface area contributed by atoms with Crippen molar-refractivity contribution < 1.29 is 29.4 Å². The van der Waals surface area contributed by atoms with Crippen LogP contribution >= 0.6 is 0 Å². The topological polar surface area (TPSA) is 252 Å². The van der Waals surface area contributed by atoms with Gasteiger partial charge in [-0.3, -0.25) is 19.4 Å². The molecule has 0 radical (unpaired) electrons. The molecule has 14 nitrogen and oxygen atoms in total. The standard InChI is InChI=1S/C21H40N8O6/c1-12(30)16(20(34)35)28-17(31)14(7-4-10-26-21(24)25)27-18(32)15-8-5-11-29(15)19(33)13(23)6-2-3-9-22/h12-16,30H,2-11,22-23H2,1H3,(H,27,32)(H,28,31)(H,34,35)(H4,24,25,26). The smallest absolute Gasteiger partial charge is 0.328 e. The van der Waals surface area contributed by atoms with E-state index in [9.17, 15) is 29.4 Å². The molecule has 0 aromatic carbocycles. The first-order valence-corrected chi connectivity index (χ1v) is 11.8. The Hall–Kier alpha value is -2.97. The Balaban J connectivity index is 2.91. The molecule has 35 heavy (non-hydrogen) atoms. The number of aliphatic hydroxyl groups is 1. The maximum atomic E-state index is 13.1. The number of carbonyl (C=O) groups excluding carboxylic acids is 3. The van der Waals surface area contributed by atoms with E-state index in [-0.39, 0.29) is 24.8 Å². The van der Waals surface area contributed by atoms with E-state index in [0.29, 0.717) is 45.2 Å². The first kappa shape index (κ1) is 30.1. The lowest BCUT2D eigenvalue weighted by atomic mass is 10.1. The van der Waals surface area contributed by atoms with Gasteiger partial charge in [0.2, 0.25) is 17.7 Å². The van der Waals surface area contributed by atoms with Crippen LogP contribution in [0.3, 0.4) is 0 Å². The van der Waals surface area contributed by atoms with Gasteiger partial charge in [0.15, 0.2) is 12.0 Å². The summed E-state index contributed by atoms with van der Waals surface area (Å²) in [5.41, 5.74) is 22.1. The monoisotopic (exact) mass is 500 g/mol. The molecule has 1 saturated heterocycles. The summed E-state index contributed by atoms with van der Waals surface area (Å²) in [6, 6.07) is -4.25. The van der Waals surface area contributed by atoms with Gasteiger partial charge in [0, 0.05) is 13.1 Å². The maximum Gasteiger partial charge on any atom is 0.328 e. The lowest BCUT2D eigenvalue weighted by Crippen LogP contribution is -2.57. The lowest BCUT2D eigenvalue weighted by molar-refractivity contribution is -0.145. The molecule has 0 saturated carbocycles. The molecule has 1 aliphatic rings. The van der Waals surface area contributed by atoms with Crippen LogP contribution in [0.5, 0.6) is 0 Å². The van der Waals surface area contributed by atoms with Crippen molar-refractivity contribution in [3.63, 3.8) is 0 Å². The fourth-order valence-corrected chi connectivity index (χ4v) is 3.83. The van der Waals surface area contributed by atoms with Gasteiger partial charge in [-0.15, -0.1) is 0 Å². The second kappa shape index (κ2) is 15.1. The number of guanidine groups is 1. The minimum absolute atomic E-state index is 0.0970. The summed E-state index contributed by atoms with van der Waals surface area (Å²) in [5.74, 6) is -3.22. The quantitative estimate of drug-likeness (QED) is 0.0639. The van der Waals surface area contributed by atoms with Crippen LogP contribution in [0.1, 0.15) is 51.9 Å². The van der Waals surface area contributed by atoms with Gasteiger partial charge >= 0.3 is 5.97 Å². The van der Waals surface area contributed by atoms with Crippen LogP contribution in [0.15, 0.2) is 4.99 Å². The van der Waals surface area contributed by atoms with Gasteiger partial charge in [0.25, 0.3) is 0 Å². The number of nitrogens with two attached hydrogens (primary N) is 4. The Bertz CT molecular complexity index is 758. The number of nitrogens with zero attached hydrogens (tertiary/aromatic N) is 2. The molecule has 1 heterocycles. The molecule has 0 bridgehead atoms. The number of likely N-dealkylation sites (tertiary alicyclic amines) is 1. The van der Waals surface area contributed by atoms with Crippen molar-refractivity contribution in [2.75, 3.05) is 19.6 Å². The van der Waals surface area contributed by atoms with Crippen LogP contribution in [-0.4, -0.2) is 94.7 Å². The van der Waals surface area contributed by atoms with Gasteiger partial charge in [-0.05, 0) is 52.0 Å². The van der Waals surface area contributed by atoms with Crippen molar-refractivity contribution in [1.82, 2.24) is 15.5 Å². The average Bonchev–Trinajstić information content (AvgIpc) is 3.28. The summed E-state index contributed by atoms with van der Waals surface area (Å²) in [5, 5.41) is 23.8. The number of carboxylic acid groups (broad SMARTS) is 1. The average molecular weight is 501 g/mol. The first-order chi connectivity index (χ1) is 16.5. The molecule has 1 aliphatic heterocycles. The number of aliphatic imine (C=N–C) groups is 1. The van der Waals surface area contributed by atoms with E-state index in [0.717, 1.165) is 6.42 Å². The molecular formula is C21H40N8O6. The Labute approximate surface area is 204 Å². The van der Waals surface area contributed by atoms with Crippen LogP contribution in [0.25, 0.3) is 0 Å². The zero-order valence-corrected chi connectivity index (χ0v) is 20.2. The number of aliphatic hydroxyl groups excluding tert-OH is 1. The van der Waals surface area contributed by atoms with E-state index in [4.69, 9.17) is 22.9 Å². The number of carbonyl (C=O) groups is 4. The summed E-state index contributed by atoms with van der Waals surface area (Å²) in [6.07, 6.45) is 1.93. The van der Waals surface area contributed by atoms with Crippen molar-refractivity contribution in [1.29, 1.82) is 0 Å². The third kappa shape index (κ3) is 10.0. The largest absolute Gasteiger partial charge is 0.480 e. The molecule has 12 N–H and O–H groups in total. The van der Waals surface area contributed by atoms with E-state index in [1.54, 1.807) is 0 Å². The third-order valence-electron chi connectivity index (χ3n) is 5.75. The predicted octanol–water partition coefficient (Wildman–Crippen LogP) is -3.08. The molecule has 0 aliphatic carbocycles. The van der Waals surface area contributed by atoms with Gasteiger partial charge in [-0.1, -0.05) is 6.42 Å². The van der Waals surface area contributed by atoms with E-state index in [1.807, 2.05) is 0 Å². The molecule has 5 unspecified atom stereocenters. The number of hydrogen-bond donors (Lipinski definition) is 8. The van der Waals surface area contributed by atoms with Gasteiger partial charge < -0.3 is 48.7 Å². The zero-order chi connectivity index (χ0) is 26.5. The summed E-state index contributed by atoms with van der Waals surface area (Å²) in [4.78, 5) is 55.3. The number of aliphatic carboxylic acids is 1. The van der Waals surface area contributed by atoms with E-state index in [1.165, 1.54) is 11.8 Å². The van der Waals surface area contributed by atoms with Crippen LogP contribution in [0, 0.1) is 0 Å². The van der Waals surface area contributed by atoms with Gasteiger partial charge in [-0.2, -0.15) is 0 Å². The maximum absolute atomic E-state index is 13.1. The van der Waals surface area contributed by atoms with Gasteiger partial charge in [0.1, 0.15) is 12.1 Å². The minimum Gasteiger partial charge on any atom is -0.480 e. The Kier molecular flexibility index (Phi) is 13.0. The Morgan fingerprint density at radius 2 is 1.80 bits per heavy atom. The van der Waals surface area contributed by atoms with Crippen LogP contribution in [-0.2, 0) is 19.2 Å². The normalized spacial score (nSPS) is 18.7. The zero-order valence-electron chi connectivity index (χ0n) is 20.2. The lowest BCUT2D eigenvalue weighted by Gasteiger charge is -2.29. The summed E-state index contributed by atoms with van der Waals surface area (Å²) in [6.45, 7) is 2.28. The second-order valence-corrected chi connectivity index (χ2v) is 8.66. The summed E-state index contributed by atoms with van der Waals surface area (Å²) in [7, 11) is 0. The minimum atomic E-state index is -1.56. The highest BCUT2D eigenvalue weighted by Gasteiger charge is 2.38. The van der Waals surface area contributed by atoms with Crippen LogP contribution < -0.4 is 33.6 Å². The molecule has 3 amide bonds. The van der Waals surface area contributed by atoms with E-state index in [2.05, 4.69) is 15.6 Å². The predicted molar refractivity (Wildman–Crippen MR) is 129 cm³/mol. The second-order valence-electron chi connectivity index (χ2n) is 8.66. The fraction of sp³-hybridized carbons (Fsp3) is 0.762. The molecule has 0 aromatic rings. The van der Waals surface area contributed by atoms with E-state index < -0.39 is 48.1 Å². The highest BCUT2D eigenvalue weighted by molar-refractivity contribution is 5.94. The SMILES string of the molecule is CC(O)C(NC(=O)C(CCCN=C(N)N)NC(=O)C1CCCN1C(=O)C(N)CCCCN)C(=O)O. The Morgan fingerprint density at radius 1 is 1.11 bits per heavy atom. The number of rotatable bonds is 15. The van der Waals surface area contributed by atoms with Crippen molar-refractivity contribution >= 4 is 29.7 Å². The summed E-state index contributed by atoms with van der Waals surface area (Å²) >= 11 is 0. The molecule has 0 spiro atoms. The Morgan fingerprint density at radius 3 is 2.37 bits per heavy atom. The third-order valence-corrected chi connectivity index (χ3v) is 5.75. The molecule has 14 heteroatoms. The molecular weight excluding hydrogens is 460 g/mol. The molecule has 0 aromatic heterocycles. The molecule has 5 atom stereocenters. The van der Waals surface area contributed by atoms with Crippen LogP contribution in [0.2, 0.25) is 0 Å².